The second-order valence-corrected chi connectivity index (χ2v) is 6.13. The molecule has 2 saturated heterocycles. The zero-order valence-corrected chi connectivity index (χ0v) is 11.8. The van der Waals surface area contributed by atoms with Crippen LogP contribution in [0, 0.1) is 0 Å². The van der Waals surface area contributed by atoms with Crippen molar-refractivity contribution in [3.8, 4) is 0 Å². The van der Waals surface area contributed by atoms with E-state index in [1.54, 1.807) is 0 Å². The van der Waals surface area contributed by atoms with Crippen molar-refractivity contribution in [2.45, 2.75) is 38.3 Å². The first kappa shape index (κ1) is 13.0. The number of aromatic nitrogens is 1. The predicted octanol–water partition coefficient (Wildman–Crippen LogP) is 1.94. The number of aromatic carboxylic acids is 1. The number of aryl methyl sites for hydroxylation is 1. The molecule has 0 saturated carbocycles. The first-order valence-corrected chi connectivity index (χ1v) is 7.59. The van der Waals surface area contributed by atoms with Crippen LogP contribution in [-0.2, 0) is 11.2 Å². The molecule has 2 atom stereocenters. The highest BCUT2D eigenvalue weighted by Crippen LogP contribution is 2.33. The highest BCUT2D eigenvalue weighted by molar-refractivity contribution is 7.13. The van der Waals surface area contributed by atoms with E-state index in [0.717, 1.165) is 24.7 Å². The van der Waals surface area contributed by atoms with Crippen LogP contribution >= 0.6 is 11.3 Å². The van der Waals surface area contributed by atoms with Crippen molar-refractivity contribution < 1.29 is 14.6 Å². The molecule has 0 aliphatic carbocycles. The molecular weight excluding hydrogens is 264 g/mol. The SMILES string of the molecule is CCc1nc(C2CN3CCCC3CO2)sc1C(=O)O. The molecule has 3 heterocycles. The van der Waals surface area contributed by atoms with E-state index in [1.807, 2.05) is 6.92 Å². The number of rotatable bonds is 3. The number of carboxylic acid groups (broad SMARTS) is 1. The largest absolute Gasteiger partial charge is 0.477 e. The maximum Gasteiger partial charge on any atom is 0.347 e. The van der Waals surface area contributed by atoms with Gasteiger partial charge in [-0.3, -0.25) is 4.90 Å². The molecule has 3 rings (SSSR count). The van der Waals surface area contributed by atoms with Crippen LogP contribution in [0.4, 0.5) is 0 Å². The molecule has 1 aromatic heterocycles. The summed E-state index contributed by atoms with van der Waals surface area (Å²) < 4.78 is 5.88. The van der Waals surface area contributed by atoms with E-state index < -0.39 is 5.97 Å². The molecule has 0 aromatic carbocycles. The number of nitrogens with zero attached hydrogens (tertiary/aromatic N) is 2. The van der Waals surface area contributed by atoms with Gasteiger partial charge < -0.3 is 9.84 Å². The smallest absolute Gasteiger partial charge is 0.347 e. The number of thiazole rings is 1. The van der Waals surface area contributed by atoms with Gasteiger partial charge in [-0.1, -0.05) is 6.92 Å². The zero-order chi connectivity index (χ0) is 13.4. The maximum atomic E-state index is 11.2. The average molecular weight is 282 g/mol. The summed E-state index contributed by atoms with van der Waals surface area (Å²) >= 11 is 1.27. The predicted molar refractivity (Wildman–Crippen MR) is 71.7 cm³/mol. The van der Waals surface area contributed by atoms with Gasteiger partial charge in [0.05, 0.1) is 12.3 Å². The van der Waals surface area contributed by atoms with Gasteiger partial charge >= 0.3 is 5.97 Å². The van der Waals surface area contributed by atoms with Crippen LogP contribution in [0.2, 0.25) is 0 Å². The van der Waals surface area contributed by atoms with Gasteiger partial charge in [-0.2, -0.15) is 0 Å². The summed E-state index contributed by atoms with van der Waals surface area (Å²) in [5.41, 5.74) is 0.680. The molecular formula is C13H18N2O3S. The van der Waals surface area contributed by atoms with E-state index in [1.165, 1.54) is 24.2 Å². The Labute approximate surface area is 116 Å². The quantitative estimate of drug-likeness (QED) is 0.918. The molecule has 0 radical (unpaired) electrons. The van der Waals surface area contributed by atoms with E-state index in [2.05, 4.69) is 9.88 Å². The molecule has 0 spiro atoms. The lowest BCUT2D eigenvalue weighted by atomic mass is 10.2. The van der Waals surface area contributed by atoms with Gasteiger partial charge in [0.1, 0.15) is 16.0 Å². The Morgan fingerprint density at radius 2 is 2.47 bits per heavy atom. The number of carbonyl (C=O) groups is 1. The highest BCUT2D eigenvalue weighted by Gasteiger charge is 2.34. The van der Waals surface area contributed by atoms with Crippen LogP contribution in [0.5, 0.6) is 0 Å². The van der Waals surface area contributed by atoms with Crippen molar-refractivity contribution >= 4 is 17.3 Å². The summed E-state index contributed by atoms with van der Waals surface area (Å²) in [5.74, 6) is -0.879. The Morgan fingerprint density at radius 1 is 1.63 bits per heavy atom. The third-order valence-electron chi connectivity index (χ3n) is 3.91. The normalized spacial score (nSPS) is 27.4. The minimum Gasteiger partial charge on any atom is -0.477 e. The van der Waals surface area contributed by atoms with Gasteiger partial charge in [-0.05, 0) is 25.8 Å². The van der Waals surface area contributed by atoms with Gasteiger partial charge in [-0.15, -0.1) is 11.3 Å². The van der Waals surface area contributed by atoms with Crippen LogP contribution in [-0.4, -0.2) is 46.7 Å². The first-order valence-electron chi connectivity index (χ1n) is 6.77. The van der Waals surface area contributed by atoms with E-state index in [0.29, 0.717) is 23.0 Å². The number of hydrogen-bond acceptors (Lipinski definition) is 5. The fraction of sp³-hybridized carbons (Fsp3) is 0.692. The Bertz CT molecular complexity index is 488. The van der Waals surface area contributed by atoms with Gasteiger partial charge in [0.25, 0.3) is 0 Å². The van der Waals surface area contributed by atoms with Gasteiger partial charge in [0.15, 0.2) is 0 Å². The fourth-order valence-corrected chi connectivity index (χ4v) is 3.92. The van der Waals surface area contributed by atoms with Crippen molar-refractivity contribution in [3.05, 3.63) is 15.6 Å². The molecule has 2 aliphatic heterocycles. The Balaban J connectivity index is 1.80. The van der Waals surface area contributed by atoms with Crippen LogP contribution in [0.25, 0.3) is 0 Å². The minimum absolute atomic E-state index is 0.0576. The summed E-state index contributed by atoms with van der Waals surface area (Å²) in [4.78, 5) is 18.5. The van der Waals surface area contributed by atoms with Gasteiger partial charge in [0.2, 0.25) is 0 Å². The van der Waals surface area contributed by atoms with Crippen LogP contribution < -0.4 is 0 Å². The summed E-state index contributed by atoms with van der Waals surface area (Å²) in [5, 5.41) is 10.00. The van der Waals surface area contributed by atoms with Gasteiger partial charge in [0, 0.05) is 12.6 Å². The molecule has 104 valence electrons. The van der Waals surface area contributed by atoms with Crippen molar-refractivity contribution in [3.63, 3.8) is 0 Å². The fourth-order valence-electron chi connectivity index (χ4n) is 2.88. The number of fused-ring (bicyclic) bond motifs is 1. The molecule has 2 unspecified atom stereocenters. The molecule has 0 bridgehead atoms. The molecule has 2 aliphatic rings. The molecule has 1 N–H and O–H groups in total. The summed E-state index contributed by atoms with van der Waals surface area (Å²) in [7, 11) is 0. The Morgan fingerprint density at radius 3 is 3.16 bits per heavy atom. The molecule has 5 nitrogen and oxygen atoms in total. The van der Waals surface area contributed by atoms with E-state index in [9.17, 15) is 9.90 Å². The van der Waals surface area contributed by atoms with Crippen molar-refractivity contribution in [2.24, 2.45) is 0 Å². The van der Waals surface area contributed by atoms with E-state index in [4.69, 9.17) is 4.74 Å². The lowest BCUT2D eigenvalue weighted by Gasteiger charge is -2.34. The highest BCUT2D eigenvalue weighted by atomic mass is 32.1. The van der Waals surface area contributed by atoms with Gasteiger partial charge in [-0.25, -0.2) is 9.78 Å². The second-order valence-electron chi connectivity index (χ2n) is 5.10. The number of ether oxygens (including phenoxy) is 1. The number of morpholine rings is 1. The number of hydrogen-bond donors (Lipinski definition) is 1. The molecule has 0 amide bonds. The van der Waals surface area contributed by atoms with Crippen LogP contribution in [0.3, 0.4) is 0 Å². The summed E-state index contributed by atoms with van der Waals surface area (Å²) in [6.45, 7) is 4.65. The molecule has 19 heavy (non-hydrogen) atoms. The standard InChI is InChI=1S/C13H18N2O3S/c1-2-9-11(13(16)17)19-12(14-9)10-6-15-5-3-4-8(15)7-18-10/h8,10H,2-7H2,1H3,(H,16,17). The topological polar surface area (TPSA) is 62.7 Å². The van der Waals surface area contributed by atoms with E-state index in [-0.39, 0.29) is 6.10 Å². The number of carboxylic acids is 1. The van der Waals surface area contributed by atoms with Crippen molar-refractivity contribution in [1.29, 1.82) is 0 Å². The average Bonchev–Trinajstić information content (AvgIpc) is 3.04. The van der Waals surface area contributed by atoms with Crippen LogP contribution in [0.15, 0.2) is 0 Å². The summed E-state index contributed by atoms with van der Waals surface area (Å²) in [6.07, 6.45) is 3.04. The maximum absolute atomic E-state index is 11.2. The van der Waals surface area contributed by atoms with Crippen molar-refractivity contribution in [1.82, 2.24) is 9.88 Å². The lowest BCUT2D eigenvalue weighted by molar-refractivity contribution is -0.0502. The lowest BCUT2D eigenvalue weighted by Crippen LogP contribution is -2.42. The monoisotopic (exact) mass is 282 g/mol. The third kappa shape index (κ3) is 2.40. The minimum atomic E-state index is -0.879. The first-order chi connectivity index (χ1) is 9.19. The van der Waals surface area contributed by atoms with E-state index >= 15 is 0 Å². The van der Waals surface area contributed by atoms with Crippen molar-refractivity contribution in [2.75, 3.05) is 19.7 Å². The van der Waals surface area contributed by atoms with Crippen LogP contribution in [0.1, 0.15) is 46.2 Å². The summed E-state index contributed by atoms with van der Waals surface area (Å²) in [6, 6.07) is 0.556. The Hall–Kier alpha value is -0.980. The molecule has 1 aromatic rings. The second kappa shape index (κ2) is 5.19. The Kier molecular flexibility index (Phi) is 3.56. The zero-order valence-electron chi connectivity index (χ0n) is 11.0. The molecule has 2 fully saturated rings. The third-order valence-corrected chi connectivity index (χ3v) is 5.09. The molecule has 6 heteroatoms.